The number of piperidine rings is 1. The van der Waals surface area contributed by atoms with Crippen molar-refractivity contribution in [1.82, 2.24) is 14.6 Å². The molecule has 1 aromatic heterocycles. The highest BCUT2D eigenvalue weighted by Crippen LogP contribution is 2.37. The van der Waals surface area contributed by atoms with E-state index in [2.05, 4.69) is 21.7 Å². The molecule has 2 N–H and O–H groups in total. The molecule has 21 heavy (non-hydrogen) atoms. The fraction of sp³-hybridized carbons (Fsp3) is 0.643. The van der Waals surface area contributed by atoms with Crippen LogP contribution >= 0.6 is 0 Å². The summed E-state index contributed by atoms with van der Waals surface area (Å²) < 4.78 is 27.1. The maximum absolute atomic E-state index is 12.2. The van der Waals surface area contributed by atoms with Gasteiger partial charge in [-0.15, -0.1) is 0 Å². The highest BCUT2D eigenvalue weighted by molar-refractivity contribution is 7.89. The van der Waals surface area contributed by atoms with Crippen LogP contribution in [-0.2, 0) is 10.0 Å². The molecular formula is C14H21N3O3S. The molecule has 0 aromatic carbocycles. The molecule has 3 heterocycles. The third kappa shape index (κ3) is 3.04. The number of nitrogens with one attached hydrogen (secondary N) is 2. The lowest BCUT2D eigenvalue weighted by Gasteiger charge is -2.36. The fourth-order valence-corrected chi connectivity index (χ4v) is 4.65. The second kappa shape index (κ2) is 5.55. The lowest BCUT2D eigenvalue weighted by atomic mass is 9.91. The van der Waals surface area contributed by atoms with Crippen molar-refractivity contribution in [1.29, 1.82) is 0 Å². The quantitative estimate of drug-likeness (QED) is 0.849. The van der Waals surface area contributed by atoms with Crippen molar-refractivity contribution in [2.75, 3.05) is 13.6 Å². The van der Waals surface area contributed by atoms with Gasteiger partial charge in [0, 0.05) is 30.9 Å². The predicted molar refractivity (Wildman–Crippen MR) is 79.5 cm³/mol. The topological polar surface area (TPSA) is 82.3 Å². The Morgan fingerprint density at radius 3 is 2.52 bits per heavy atom. The highest BCUT2D eigenvalue weighted by Gasteiger charge is 2.38. The van der Waals surface area contributed by atoms with E-state index in [-0.39, 0.29) is 10.5 Å². The summed E-state index contributed by atoms with van der Waals surface area (Å²) >= 11 is 0. The Bertz CT molecular complexity index is 636. The van der Waals surface area contributed by atoms with Gasteiger partial charge in [-0.3, -0.25) is 4.79 Å². The predicted octanol–water partition coefficient (Wildman–Crippen LogP) is 0.526. The zero-order valence-corrected chi connectivity index (χ0v) is 12.9. The standard InChI is InChI=1S/C14H21N3O3S/c1-17-11-2-3-12(17)7-10(6-11)8-16-21(19,20)13-4-5-14(18)15-9-13/h4-5,9-12,16H,2-3,6-8H2,1H3,(H,15,18). The lowest BCUT2D eigenvalue weighted by Crippen LogP contribution is -2.43. The summed E-state index contributed by atoms with van der Waals surface area (Å²) in [5.41, 5.74) is -0.305. The Labute approximate surface area is 124 Å². The molecule has 2 aliphatic heterocycles. The molecule has 2 bridgehead atoms. The number of pyridine rings is 1. The van der Waals surface area contributed by atoms with Gasteiger partial charge in [-0.1, -0.05) is 0 Å². The van der Waals surface area contributed by atoms with Crippen LogP contribution in [0.4, 0.5) is 0 Å². The molecule has 0 spiro atoms. The number of aromatic nitrogens is 1. The number of aromatic amines is 1. The van der Waals surface area contributed by atoms with Gasteiger partial charge < -0.3 is 9.88 Å². The summed E-state index contributed by atoms with van der Waals surface area (Å²) in [4.78, 5) is 15.9. The molecule has 0 amide bonds. The van der Waals surface area contributed by atoms with Crippen LogP contribution in [0.15, 0.2) is 28.0 Å². The van der Waals surface area contributed by atoms with E-state index < -0.39 is 10.0 Å². The molecule has 2 atom stereocenters. The first kappa shape index (κ1) is 14.7. The van der Waals surface area contributed by atoms with E-state index in [1.54, 1.807) is 0 Å². The van der Waals surface area contributed by atoms with Crippen LogP contribution in [0.3, 0.4) is 0 Å². The fourth-order valence-electron chi connectivity index (χ4n) is 3.57. The number of H-pyrrole nitrogens is 1. The van der Waals surface area contributed by atoms with E-state index in [0.29, 0.717) is 24.5 Å². The number of hydrogen-bond acceptors (Lipinski definition) is 4. The highest BCUT2D eigenvalue weighted by atomic mass is 32.2. The zero-order valence-electron chi connectivity index (χ0n) is 12.1. The maximum Gasteiger partial charge on any atom is 0.247 e. The van der Waals surface area contributed by atoms with Crippen molar-refractivity contribution in [3.8, 4) is 0 Å². The molecule has 0 saturated carbocycles. The summed E-state index contributed by atoms with van der Waals surface area (Å²) in [5, 5.41) is 0. The van der Waals surface area contributed by atoms with Crippen molar-refractivity contribution >= 4 is 10.0 Å². The molecule has 2 aliphatic rings. The Kier molecular flexibility index (Phi) is 3.90. The van der Waals surface area contributed by atoms with Crippen molar-refractivity contribution < 1.29 is 8.42 Å². The zero-order chi connectivity index (χ0) is 15.0. The van der Waals surface area contributed by atoms with Crippen LogP contribution in [0.1, 0.15) is 25.7 Å². The summed E-state index contributed by atoms with van der Waals surface area (Å²) in [7, 11) is -1.37. The van der Waals surface area contributed by atoms with E-state index in [9.17, 15) is 13.2 Å². The van der Waals surface area contributed by atoms with Crippen LogP contribution in [-0.4, -0.2) is 44.0 Å². The lowest BCUT2D eigenvalue weighted by molar-refractivity contribution is 0.135. The minimum absolute atomic E-state index is 0.109. The minimum Gasteiger partial charge on any atom is -0.328 e. The first-order valence-electron chi connectivity index (χ1n) is 7.36. The van der Waals surface area contributed by atoms with E-state index in [1.807, 2.05) is 0 Å². The summed E-state index contributed by atoms with van der Waals surface area (Å²) in [6, 6.07) is 3.77. The third-order valence-electron chi connectivity index (χ3n) is 4.82. The SMILES string of the molecule is CN1C2CCC1CC(CNS(=O)(=O)c1ccc(=O)[nH]c1)C2. The Hall–Kier alpha value is -1.18. The minimum atomic E-state index is -3.54. The number of nitrogens with zero attached hydrogens (tertiary/aromatic N) is 1. The van der Waals surface area contributed by atoms with Gasteiger partial charge >= 0.3 is 0 Å². The van der Waals surface area contributed by atoms with Gasteiger partial charge in [-0.05, 0) is 44.7 Å². The first-order valence-corrected chi connectivity index (χ1v) is 8.84. The van der Waals surface area contributed by atoms with E-state index in [4.69, 9.17) is 0 Å². The van der Waals surface area contributed by atoms with Crippen LogP contribution in [0, 0.1) is 5.92 Å². The molecule has 0 radical (unpaired) electrons. The molecule has 2 unspecified atom stereocenters. The average Bonchev–Trinajstić information content (AvgIpc) is 2.68. The van der Waals surface area contributed by atoms with E-state index in [0.717, 1.165) is 12.8 Å². The monoisotopic (exact) mass is 311 g/mol. The van der Waals surface area contributed by atoms with Crippen LogP contribution in [0.2, 0.25) is 0 Å². The molecule has 7 heteroatoms. The van der Waals surface area contributed by atoms with Gasteiger partial charge in [-0.2, -0.15) is 0 Å². The number of sulfonamides is 1. The van der Waals surface area contributed by atoms with E-state index in [1.165, 1.54) is 31.2 Å². The second-order valence-corrected chi connectivity index (χ2v) is 7.90. The second-order valence-electron chi connectivity index (χ2n) is 6.13. The average molecular weight is 311 g/mol. The Morgan fingerprint density at radius 1 is 1.29 bits per heavy atom. The van der Waals surface area contributed by atoms with Gasteiger partial charge in [0.15, 0.2) is 0 Å². The Morgan fingerprint density at radius 2 is 1.95 bits per heavy atom. The van der Waals surface area contributed by atoms with Crippen LogP contribution in [0.5, 0.6) is 0 Å². The molecule has 0 aliphatic carbocycles. The molecule has 3 rings (SSSR count). The first-order chi connectivity index (χ1) is 9.95. The van der Waals surface area contributed by atoms with Gasteiger partial charge in [0.05, 0.1) is 4.90 Å². The number of hydrogen-bond donors (Lipinski definition) is 2. The third-order valence-corrected chi connectivity index (χ3v) is 6.25. The van der Waals surface area contributed by atoms with Crippen LogP contribution < -0.4 is 10.3 Å². The summed E-state index contributed by atoms with van der Waals surface area (Å²) in [5.74, 6) is 0.399. The normalized spacial score (nSPS) is 29.7. The molecule has 2 saturated heterocycles. The maximum atomic E-state index is 12.2. The van der Waals surface area contributed by atoms with Crippen LogP contribution in [0.25, 0.3) is 0 Å². The van der Waals surface area contributed by atoms with Gasteiger partial charge in [0.2, 0.25) is 15.6 Å². The molecule has 116 valence electrons. The molecule has 2 fully saturated rings. The van der Waals surface area contributed by atoms with Gasteiger partial charge in [-0.25, -0.2) is 13.1 Å². The largest absolute Gasteiger partial charge is 0.328 e. The van der Waals surface area contributed by atoms with Gasteiger partial charge in [0.1, 0.15) is 0 Å². The molecule has 6 nitrogen and oxygen atoms in total. The summed E-state index contributed by atoms with van der Waals surface area (Å²) in [6.45, 7) is 0.475. The van der Waals surface area contributed by atoms with Crippen molar-refractivity contribution in [2.24, 2.45) is 5.92 Å². The summed E-state index contributed by atoms with van der Waals surface area (Å²) in [6.07, 6.45) is 5.81. The van der Waals surface area contributed by atoms with Crippen molar-refractivity contribution in [3.05, 3.63) is 28.7 Å². The molecule has 1 aromatic rings. The number of fused-ring (bicyclic) bond motifs is 2. The number of rotatable bonds is 4. The Balaban J connectivity index is 1.62. The van der Waals surface area contributed by atoms with Crippen molar-refractivity contribution in [3.63, 3.8) is 0 Å². The molecular weight excluding hydrogens is 290 g/mol. The smallest absolute Gasteiger partial charge is 0.247 e. The van der Waals surface area contributed by atoms with Gasteiger partial charge in [0.25, 0.3) is 0 Å². The van der Waals surface area contributed by atoms with E-state index >= 15 is 0 Å². The van der Waals surface area contributed by atoms with Crippen molar-refractivity contribution in [2.45, 2.75) is 42.7 Å².